The average Bonchev–Trinajstić information content (AvgIpc) is 2.39. The van der Waals surface area contributed by atoms with Crippen molar-refractivity contribution in [2.45, 2.75) is 25.7 Å². The summed E-state index contributed by atoms with van der Waals surface area (Å²) in [4.78, 5) is 20.6. The van der Waals surface area contributed by atoms with Gasteiger partial charge in [-0.1, -0.05) is 0 Å². The number of nitrogens with zero attached hydrogens (tertiary/aromatic N) is 2. The van der Waals surface area contributed by atoms with Crippen LogP contribution < -0.4 is 0 Å². The zero-order valence-electron chi connectivity index (χ0n) is 10.3. The van der Waals surface area contributed by atoms with Gasteiger partial charge in [-0.25, -0.2) is 0 Å². The summed E-state index contributed by atoms with van der Waals surface area (Å²) in [5.74, 6) is 0.450. The first kappa shape index (κ1) is 11.1. The van der Waals surface area contributed by atoms with Gasteiger partial charge in [-0.05, 0) is 48.6 Å². The summed E-state index contributed by atoms with van der Waals surface area (Å²) in [6, 6.07) is 5.88. The van der Waals surface area contributed by atoms with Crippen LogP contribution in [-0.4, -0.2) is 15.8 Å². The van der Waals surface area contributed by atoms with Crippen LogP contribution in [0.4, 0.5) is 0 Å². The average molecular weight is 238 g/mol. The highest BCUT2D eigenvalue weighted by Gasteiger charge is 2.28. The van der Waals surface area contributed by atoms with Gasteiger partial charge in [0, 0.05) is 30.6 Å². The van der Waals surface area contributed by atoms with Crippen molar-refractivity contribution in [2.24, 2.45) is 0 Å². The largest absolute Gasteiger partial charge is 0.294 e. The predicted octanol–water partition coefficient (Wildman–Crippen LogP) is 2.70. The number of hydrogen-bond acceptors (Lipinski definition) is 3. The molecule has 0 radical (unpaired) electrons. The Kier molecular flexibility index (Phi) is 2.67. The fourth-order valence-corrected chi connectivity index (χ4v) is 2.65. The van der Waals surface area contributed by atoms with E-state index in [1.165, 1.54) is 5.56 Å². The molecule has 90 valence electrons. The van der Waals surface area contributed by atoms with Gasteiger partial charge in [0.2, 0.25) is 0 Å². The van der Waals surface area contributed by atoms with Gasteiger partial charge < -0.3 is 0 Å². The summed E-state index contributed by atoms with van der Waals surface area (Å²) in [7, 11) is 0. The molecule has 2 aromatic heterocycles. The lowest BCUT2D eigenvalue weighted by Gasteiger charge is -2.24. The second kappa shape index (κ2) is 4.33. The predicted molar refractivity (Wildman–Crippen MR) is 68.6 cm³/mol. The molecule has 0 amide bonds. The quantitative estimate of drug-likeness (QED) is 0.767. The molecule has 1 unspecified atom stereocenters. The van der Waals surface area contributed by atoms with Crippen LogP contribution in [0.25, 0.3) is 0 Å². The molecule has 0 N–H and O–H groups in total. The minimum Gasteiger partial charge on any atom is -0.294 e. The van der Waals surface area contributed by atoms with Gasteiger partial charge in [0.15, 0.2) is 5.78 Å². The number of pyridine rings is 2. The van der Waals surface area contributed by atoms with Crippen LogP contribution in [-0.2, 0) is 6.42 Å². The molecule has 1 atom stereocenters. The number of fused-ring (bicyclic) bond motifs is 1. The molecule has 0 saturated heterocycles. The molecule has 0 fully saturated rings. The number of aryl methyl sites for hydroxylation is 1. The number of aromatic nitrogens is 2. The zero-order chi connectivity index (χ0) is 12.5. The molecule has 3 heteroatoms. The Hall–Kier alpha value is -2.03. The van der Waals surface area contributed by atoms with Gasteiger partial charge in [0.25, 0.3) is 0 Å². The number of ketones is 1. The molecule has 3 rings (SSSR count). The Balaban J connectivity index is 2.00. The minimum atomic E-state index is 0.212. The van der Waals surface area contributed by atoms with Crippen molar-refractivity contribution in [3.05, 3.63) is 59.2 Å². The van der Waals surface area contributed by atoms with Crippen LogP contribution in [0.1, 0.15) is 39.5 Å². The zero-order valence-corrected chi connectivity index (χ0v) is 10.3. The summed E-state index contributed by atoms with van der Waals surface area (Å²) < 4.78 is 0. The number of hydrogen-bond donors (Lipinski definition) is 0. The monoisotopic (exact) mass is 238 g/mol. The number of carbonyl (C=O) groups excluding carboxylic acids is 1. The summed E-state index contributed by atoms with van der Waals surface area (Å²) in [5.41, 5.74) is 3.99. The van der Waals surface area contributed by atoms with E-state index in [1.807, 2.05) is 25.1 Å². The maximum atomic E-state index is 12.2. The van der Waals surface area contributed by atoms with E-state index in [0.29, 0.717) is 6.42 Å². The lowest BCUT2D eigenvalue weighted by atomic mass is 9.81. The highest BCUT2D eigenvalue weighted by Crippen LogP contribution is 2.32. The number of Topliss-reactive ketones (excluding diaryl/α,β-unsaturated/α-hetero) is 1. The number of rotatable bonds is 1. The minimum absolute atomic E-state index is 0.212. The molecular formula is C15H14N2O. The van der Waals surface area contributed by atoms with Crippen molar-refractivity contribution in [1.82, 2.24) is 9.97 Å². The summed E-state index contributed by atoms with van der Waals surface area (Å²) in [6.45, 7) is 1.98. The van der Waals surface area contributed by atoms with Crippen LogP contribution in [0.15, 0.2) is 36.8 Å². The number of carbonyl (C=O) groups is 1. The first-order valence-corrected chi connectivity index (χ1v) is 6.13. The van der Waals surface area contributed by atoms with Gasteiger partial charge in [0.05, 0.1) is 5.69 Å². The topological polar surface area (TPSA) is 42.9 Å². The molecule has 0 bridgehead atoms. The van der Waals surface area contributed by atoms with Crippen molar-refractivity contribution < 1.29 is 4.79 Å². The van der Waals surface area contributed by atoms with Crippen molar-refractivity contribution >= 4 is 5.78 Å². The highest BCUT2D eigenvalue weighted by atomic mass is 16.1. The summed E-state index contributed by atoms with van der Waals surface area (Å²) >= 11 is 0. The third-order valence-corrected chi connectivity index (χ3v) is 3.57. The first-order valence-electron chi connectivity index (χ1n) is 6.13. The Morgan fingerprint density at radius 3 is 2.67 bits per heavy atom. The van der Waals surface area contributed by atoms with Crippen molar-refractivity contribution in [3.8, 4) is 0 Å². The molecule has 18 heavy (non-hydrogen) atoms. The second-order valence-corrected chi connectivity index (χ2v) is 4.76. The Labute approximate surface area is 106 Å². The lowest BCUT2D eigenvalue weighted by Crippen LogP contribution is -2.21. The molecule has 1 aliphatic rings. The SMILES string of the molecule is Cc1ccnc2c1C(=O)CC(c1ccncc1)C2. The van der Waals surface area contributed by atoms with Crippen LogP contribution >= 0.6 is 0 Å². The standard InChI is InChI=1S/C15H14N2O/c1-10-2-7-17-13-8-12(9-14(18)15(10)13)11-3-5-16-6-4-11/h2-7,12H,8-9H2,1H3. The maximum Gasteiger partial charge on any atom is 0.165 e. The molecule has 0 aliphatic heterocycles. The highest BCUT2D eigenvalue weighted by molar-refractivity contribution is 6.00. The molecule has 2 heterocycles. The van der Waals surface area contributed by atoms with E-state index >= 15 is 0 Å². The molecule has 1 aliphatic carbocycles. The molecule has 0 spiro atoms. The van der Waals surface area contributed by atoms with Crippen LogP contribution in [0, 0.1) is 6.92 Å². The van der Waals surface area contributed by atoms with E-state index in [9.17, 15) is 4.79 Å². The second-order valence-electron chi connectivity index (χ2n) is 4.76. The van der Waals surface area contributed by atoms with E-state index in [1.54, 1.807) is 18.6 Å². The first-order chi connectivity index (χ1) is 8.75. The normalized spacial score (nSPS) is 18.5. The van der Waals surface area contributed by atoms with Crippen molar-refractivity contribution in [2.75, 3.05) is 0 Å². The summed E-state index contributed by atoms with van der Waals surface area (Å²) in [6.07, 6.45) is 6.75. The van der Waals surface area contributed by atoms with Crippen LogP contribution in [0.5, 0.6) is 0 Å². The lowest BCUT2D eigenvalue weighted by molar-refractivity contribution is 0.0962. The third-order valence-electron chi connectivity index (χ3n) is 3.57. The summed E-state index contributed by atoms with van der Waals surface area (Å²) in [5, 5.41) is 0. The molecule has 0 saturated carbocycles. The fourth-order valence-electron chi connectivity index (χ4n) is 2.65. The van der Waals surface area contributed by atoms with E-state index < -0.39 is 0 Å². The van der Waals surface area contributed by atoms with Gasteiger partial charge in [-0.15, -0.1) is 0 Å². The van der Waals surface area contributed by atoms with E-state index in [4.69, 9.17) is 0 Å². The molecule has 2 aromatic rings. The smallest absolute Gasteiger partial charge is 0.165 e. The Morgan fingerprint density at radius 1 is 1.11 bits per heavy atom. The van der Waals surface area contributed by atoms with Crippen LogP contribution in [0.3, 0.4) is 0 Å². The third kappa shape index (κ3) is 1.82. The van der Waals surface area contributed by atoms with Gasteiger partial charge in [-0.3, -0.25) is 14.8 Å². The Bertz CT molecular complexity index is 593. The van der Waals surface area contributed by atoms with Gasteiger partial charge in [-0.2, -0.15) is 0 Å². The van der Waals surface area contributed by atoms with E-state index in [2.05, 4.69) is 9.97 Å². The molecule has 3 nitrogen and oxygen atoms in total. The maximum absolute atomic E-state index is 12.2. The Morgan fingerprint density at radius 2 is 1.89 bits per heavy atom. The van der Waals surface area contributed by atoms with Crippen molar-refractivity contribution in [1.29, 1.82) is 0 Å². The molecule has 0 aromatic carbocycles. The van der Waals surface area contributed by atoms with Gasteiger partial charge >= 0.3 is 0 Å². The van der Waals surface area contributed by atoms with Gasteiger partial charge in [0.1, 0.15) is 0 Å². The van der Waals surface area contributed by atoms with E-state index in [-0.39, 0.29) is 11.7 Å². The molecular weight excluding hydrogens is 224 g/mol. The fraction of sp³-hybridized carbons (Fsp3) is 0.267. The van der Waals surface area contributed by atoms with E-state index in [0.717, 1.165) is 23.2 Å². The van der Waals surface area contributed by atoms with Crippen LogP contribution in [0.2, 0.25) is 0 Å². The van der Waals surface area contributed by atoms with Crippen molar-refractivity contribution in [3.63, 3.8) is 0 Å².